The van der Waals surface area contributed by atoms with E-state index in [1.54, 1.807) is 0 Å². The first-order valence-electron chi connectivity index (χ1n) is 8.37. The van der Waals surface area contributed by atoms with Crippen molar-refractivity contribution < 1.29 is 18.3 Å². The summed E-state index contributed by atoms with van der Waals surface area (Å²) in [5.74, 6) is 0.0997. The summed E-state index contributed by atoms with van der Waals surface area (Å²) in [6, 6.07) is 5.76. The van der Waals surface area contributed by atoms with Crippen LogP contribution < -0.4 is 5.32 Å². The molecule has 1 unspecified atom stereocenters. The number of anilines is 1. The molecule has 1 aliphatic rings. The number of rotatable bonds is 4. The van der Waals surface area contributed by atoms with Crippen molar-refractivity contribution in [3.8, 4) is 5.75 Å². The lowest BCUT2D eigenvalue weighted by atomic mass is 9.90. The van der Waals surface area contributed by atoms with Crippen LogP contribution in [0.1, 0.15) is 33.5 Å². The Balaban J connectivity index is 1.86. The molecule has 0 saturated carbocycles. The van der Waals surface area contributed by atoms with Crippen LogP contribution in [0.4, 0.5) is 5.69 Å². The average Bonchev–Trinajstić information content (AvgIpc) is 2.99. The van der Waals surface area contributed by atoms with E-state index < -0.39 is 10.0 Å². The highest BCUT2D eigenvalue weighted by atomic mass is 32.2. The molecule has 1 amide bonds. The molecule has 1 aromatic heterocycles. The van der Waals surface area contributed by atoms with Crippen LogP contribution in [-0.2, 0) is 22.9 Å². The monoisotopic (exact) mass is 394 g/mol. The van der Waals surface area contributed by atoms with Crippen LogP contribution in [0.25, 0.3) is 0 Å². The topological polar surface area (TPSA) is 86.7 Å². The SMILES string of the molecule is CC1CCc2sc(C(=O)Nc3cc(S(=O)(=O)N(C)C)ccc3O)cc2C1. The molecule has 0 radical (unpaired) electrons. The van der Waals surface area contributed by atoms with Crippen molar-refractivity contribution in [1.29, 1.82) is 0 Å². The van der Waals surface area contributed by atoms with Gasteiger partial charge in [0.1, 0.15) is 5.75 Å². The Morgan fingerprint density at radius 3 is 2.73 bits per heavy atom. The van der Waals surface area contributed by atoms with Gasteiger partial charge in [-0.3, -0.25) is 4.79 Å². The number of carbonyl (C=O) groups is 1. The molecular formula is C18H22N2O4S2. The third-order valence-electron chi connectivity index (χ3n) is 4.55. The third kappa shape index (κ3) is 3.62. The number of phenolic OH excluding ortho intramolecular Hbond substituents is 1. The quantitative estimate of drug-likeness (QED) is 0.780. The molecule has 8 heteroatoms. The zero-order valence-electron chi connectivity index (χ0n) is 14.9. The second kappa shape index (κ2) is 7.02. The van der Waals surface area contributed by atoms with E-state index in [9.17, 15) is 18.3 Å². The van der Waals surface area contributed by atoms with Crippen LogP contribution in [0.2, 0.25) is 0 Å². The van der Waals surface area contributed by atoms with E-state index >= 15 is 0 Å². The summed E-state index contributed by atoms with van der Waals surface area (Å²) >= 11 is 1.47. The molecule has 0 aliphatic heterocycles. The Labute approximate surface area is 157 Å². The number of amides is 1. The van der Waals surface area contributed by atoms with Crippen LogP contribution in [0.3, 0.4) is 0 Å². The predicted octanol–water partition coefficient (Wildman–Crippen LogP) is 3.08. The highest BCUT2D eigenvalue weighted by molar-refractivity contribution is 7.89. The Kier molecular flexibility index (Phi) is 5.09. The first-order chi connectivity index (χ1) is 12.2. The van der Waals surface area contributed by atoms with Gasteiger partial charge in [0.2, 0.25) is 10.0 Å². The number of aryl methyl sites for hydroxylation is 1. The van der Waals surface area contributed by atoms with Crippen molar-refractivity contribution in [2.75, 3.05) is 19.4 Å². The van der Waals surface area contributed by atoms with Gasteiger partial charge < -0.3 is 10.4 Å². The summed E-state index contributed by atoms with van der Waals surface area (Å²) in [5, 5.41) is 12.6. The minimum absolute atomic E-state index is 0.00917. The molecule has 3 rings (SSSR count). The summed E-state index contributed by atoms with van der Waals surface area (Å²) < 4.78 is 25.6. The van der Waals surface area contributed by atoms with Gasteiger partial charge in [0.15, 0.2) is 0 Å². The van der Waals surface area contributed by atoms with Crippen LogP contribution in [0.15, 0.2) is 29.2 Å². The summed E-state index contributed by atoms with van der Waals surface area (Å²) in [7, 11) is -0.795. The maximum absolute atomic E-state index is 12.6. The normalized spacial score (nSPS) is 17.2. The van der Waals surface area contributed by atoms with Crippen LogP contribution in [0.5, 0.6) is 5.75 Å². The molecule has 140 valence electrons. The maximum Gasteiger partial charge on any atom is 0.265 e. The number of sulfonamides is 1. The van der Waals surface area contributed by atoms with Gasteiger partial charge in [-0.05, 0) is 55.0 Å². The summed E-state index contributed by atoms with van der Waals surface area (Å²) in [6.45, 7) is 2.20. The van der Waals surface area contributed by atoms with Gasteiger partial charge in [0, 0.05) is 19.0 Å². The fourth-order valence-corrected chi connectivity index (χ4v) is 5.02. The van der Waals surface area contributed by atoms with Crippen molar-refractivity contribution in [2.24, 2.45) is 5.92 Å². The van der Waals surface area contributed by atoms with Crippen LogP contribution in [0, 0.1) is 5.92 Å². The number of hydrogen-bond acceptors (Lipinski definition) is 5. The second-order valence-electron chi connectivity index (χ2n) is 6.83. The maximum atomic E-state index is 12.6. The lowest BCUT2D eigenvalue weighted by Crippen LogP contribution is -2.22. The van der Waals surface area contributed by atoms with E-state index in [2.05, 4.69) is 12.2 Å². The van der Waals surface area contributed by atoms with E-state index in [0.717, 1.165) is 23.6 Å². The largest absolute Gasteiger partial charge is 0.506 e. The fraction of sp³-hybridized carbons (Fsp3) is 0.389. The fourth-order valence-electron chi connectivity index (χ4n) is 2.99. The number of carbonyl (C=O) groups excluding carboxylic acids is 1. The number of fused-ring (bicyclic) bond motifs is 1. The van der Waals surface area contributed by atoms with E-state index in [1.165, 1.54) is 54.1 Å². The van der Waals surface area contributed by atoms with Crippen molar-refractivity contribution in [2.45, 2.75) is 31.1 Å². The van der Waals surface area contributed by atoms with Gasteiger partial charge in [-0.25, -0.2) is 12.7 Å². The van der Waals surface area contributed by atoms with Gasteiger partial charge in [-0.1, -0.05) is 6.92 Å². The zero-order chi connectivity index (χ0) is 19.1. The molecule has 0 spiro atoms. The van der Waals surface area contributed by atoms with E-state index in [0.29, 0.717) is 10.8 Å². The van der Waals surface area contributed by atoms with E-state index in [-0.39, 0.29) is 22.2 Å². The predicted molar refractivity (Wildman–Crippen MR) is 102 cm³/mol. The molecular weight excluding hydrogens is 372 g/mol. The molecule has 1 heterocycles. The molecule has 0 bridgehead atoms. The van der Waals surface area contributed by atoms with Crippen molar-refractivity contribution in [1.82, 2.24) is 4.31 Å². The van der Waals surface area contributed by atoms with Gasteiger partial charge in [-0.15, -0.1) is 11.3 Å². The van der Waals surface area contributed by atoms with Gasteiger partial charge >= 0.3 is 0 Å². The van der Waals surface area contributed by atoms with E-state index in [1.807, 2.05) is 6.07 Å². The highest BCUT2D eigenvalue weighted by Crippen LogP contribution is 2.33. The molecule has 2 aromatic rings. The molecule has 1 aromatic carbocycles. The minimum atomic E-state index is -3.65. The van der Waals surface area contributed by atoms with Crippen LogP contribution in [-0.4, -0.2) is 37.8 Å². The number of nitrogens with zero attached hydrogens (tertiary/aromatic N) is 1. The Bertz CT molecular complexity index is 948. The lowest BCUT2D eigenvalue weighted by Gasteiger charge is -2.16. The first-order valence-corrected chi connectivity index (χ1v) is 10.6. The van der Waals surface area contributed by atoms with Gasteiger partial charge in [-0.2, -0.15) is 0 Å². The summed E-state index contributed by atoms with van der Waals surface area (Å²) in [5.41, 5.74) is 1.30. The van der Waals surface area contributed by atoms with Crippen molar-refractivity contribution >= 4 is 33.0 Å². The number of thiophene rings is 1. The second-order valence-corrected chi connectivity index (χ2v) is 10.1. The van der Waals surface area contributed by atoms with E-state index in [4.69, 9.17) is 0 Å². The van der Waals surface area contributed by atoms with Gasteiger partial charge in [0.05, 0.1) is 15.5 Å². The standard InChI is InChI=1S/C18H22N2O4S2/c1-11-4-7-16-12(8-11)9-17(25-16)18(22)19-14-10-13(5-6-15(14)21)26(23,24)20(2)3/h5-6,9-11,21H,4,7-8H2,1-3H3,(H,19,22). The minimum Gasteiger partial charge on any atom is -0.506 e. The average molecular weight is 395 g/mol. The third-order valence-corrected chi connectivity index (χ3v) is 7.59. The van der Waals surface area contributed by atoms with Crippen LogP contribution >= 0.6 is 11.3 Å². The molecule has 0 fully saturated rings. The number of hydrogen-bond donors (Lipinski definition) is 2. The smallest absolute Gasteiger partial charge is 0.265 e. The first kappa shape index (κ1) is 18.9. The molecule has 2 N–H and O–H groups in total. The Hall–Kier alpha value is -1.90. The van der Waals surface area contributed by atoms with Crippen molar-refractivity contribution in [3.63, 3.8) is 0 Å². The number of benzene rings is 1. The van der Waals surface area contributed by atoms with Crippen molar-refractivity contribution in [3.05, 3.63) is 39.6 Å². The molecule has 0 saturated heterocycles. The molecule has 6 nitrogen and oxygen atoms in total. The number of aromatic hydroxyl groups is 1. The lowest BCUT2D eigenvalue weighted by molar-refractivity contribution is 0.103. The Morgan fingerprint density at radius 1 is 1.31 bits per heavy atom. The summed E-state index contributed by atoms with van der Waals surface area (Å²) in [4.78, 5) is 14.4. The Morgan fingerprint density at radius 2 is 2.04 bits per heavy atom. The molecule has 1 atom stereocenters. The highest BCUT2D eigenvalue weighted by Gasteiger charge is 2.22. The zero-order valence-corrected chi connectivity index (χ0v) is 16.6. The number of nitrogens with one attached hydrogen (secondary N) is 1. The molecule has 26 heavy (non-hydrogen) atoms. The summed E-state index contributed by atoms with van der Waals surface area (Å²) in [6.07, 6.45) is 3.08. The van der Waals surface area contributed by atoms with Gasteiger partial charge in [0.25, 0.3) is 5.91 Å². The number of phenols is 1. The molecule has 1 aliphatic carbocycles.